The van der Waals surface area contributed by atoms with Gasteiger partial charge < -0.3 is 18.7 Å². The SMILES string of the molecule is CCOc1ccc(-c2noc(CNS(=O)(=O)c3ccc(OC)c(OC)c3)n2)cc1. The Labute approximate surface area is 168 Å². The number of sulfonamides is 1. The topological polar surface area (TPSA) is 113 Å². The normalized spacial score (nSPS) is 11.3. The van der Waals surface area contributed by atoms with Crippen molar-refractivity contribution in [2.75, 3.05) is 20.8 Å². The Bertz CT molecular complexity index is 1060. The summed E-state index contributed by atoms with van der Waals surface area (Å²) in [5, 5.41) is 3.89. The third-order valence-corrected chi connectivity index (χ3v) is 5.37. The third kappa shape index (κ3) is 4.84. The smallest absolute Gasteiger partial charge is 0.242 e. The summed E-state index contributed by atoms with van der Waals surface area (Å²) in [6.07, 6.45) is 0. The number of nitrogens with zero attached hydrogens (tertiary/aromatic N) is 2. The molecule has 0 bridgehead atoms. The quantitative estimate of drug-likeness (QED) is 0.563. The first-order valence-corrected chi connectivity index (χ1v) is 10.2. The second kappa shape index (κ2) is 8.93. The lowest BCUT2D eigenvalue weighted by Gasteiger charge is -2.10. The maximum atomic E-state index is 12.5. The molecule has 0 saturated carbocycles. The number of methoxy groups -OCH3 is 2. The Morgan fingerprint density at radius 2 is 1.76 bits per heavy atom. The molecule has 0 spiro atoms. The van der Waals surface area contributed by atoms with Crippen LogP contribution in [0.3, 0.4) is 0 Å². The molecular weight excluding hydrogens is 398 g/mol. The first-order chi connectivity index (χ1) is 14.0. The summed E-state index contributed by atoms with van der Waals surface area (Å²) in [5.41, 5.74) is 0.728. The zero-order valence-corrected chi connectivity index (χ0v) is 17.0. The largest absolute Gasteiger partial charge is 0.494 e. The van der Waals surface area contributed by atoms with Gasteiger partial charge in [-0.2, -0.15) is 4.98 Å². The van der Waals surface area contributed by atoms with Crippen molar-refractivity contribution >= 4 is 10.0 Å². The molecule has 0 fully saturated rings. The second-order valence-corrected chi connectivity index (χ2v) is 7.58. The lowest BCUT2D eigenvalue weighted by Crippen LogP contribution is -2.23. The molecule has 1 N–H and O–H groups in total. The predicted molar refractivity (Wildman–Crippen MR) is 104 cm³/mol. The molecule has 0 atom stereocenters. The van der Waals surface area contributed by atoms with Crippen molar-refractivity contribution < 1.29 is 27.2 Å². The third-order valence-electron chi connectivity index (χ3n) is 3.97. The van der Waals surface area contributed by atoms with E-state index in [2.05, 4.69) is 14.9 Å². The van der Waals surface area contributed by atoms with Gasteiger partial charge in [0, 0.05) is 11.6 Å². The highest BCUT2D eigenvalue weighted by Gasteiger charge is 2.18. The zero-order chi connectivity index (χ0) is 20.9. The van der Waals surface area contributed by atoms with Crippen molar-refractivity contribution in [1.82, 2.24) is 14.9 Å². The van der Waals surface area contributed by atoms with Crippen LogP contribution in [0.15, 0.2) is 51.9 Å². The van der Waals surface area contributed by atoms with Gasteiger partial charge in [0.2, 0.25) is 21.7 Å². The van der Waals surface area contributed by atoms with Crippen molar-refractivity contribution in [3.63, 3.8) is 0 Å². The van der Waals surface area contributed by atoms with Gasteiger partial charge in [0.1, 0.15) is 5.75 Å². The fraction of sp³-hybridized carbons (Fsp3) is 0.263. The molecule has 10 heteroatoms. The average Bonchev–Trinajstić information content (AvgIpc) is 3.22. The van der Waals surface area contributed by atoms with Crippen LogP contribution in [0, 0.1) is 0 Å². The van der Waals surface area contributed by atoms with Crippen molar-refractivity contribution in [2.24, 2.45) is 0 Å². The minimum atomic E-state index is -3.81. The summed E-state index contributed by atoms with van der Waals surface area (Å²) in [6, 6.07) is 11.5. The van der Waals surface area contributed by atoms with E-state index >= 15 is 0 Å². The van der Waals surface area contributed by atoms with Crippen molar-refractivity contribution in [1.29, 1.82) is 0 Å². The van der Waals surface area contributed by atoms with Crippen molar-refractivity contribution in [3.05, 3.63) is 48.4 Å². The Hall–Kier alpha value is -3.11. The highest BCUT2D eigenvalue weighted by molar-refractivity contribution is 7.89. The Kier molecular flexibility index (Phi) is 6.35. The molecule has 0 radical (unpaired) electrons. The van der Waals surface area contributed by atoms with Crippen LogP contribution in [0.5, 0.6) is 17.2 Å². The summed E-state index contributed by atoms with van der Waals surface area (Å²) >= 11 is 0. The number of nitrogens with one attached hydrogen (secondary N) is 1. The summed E-state index contributed by atoms with van der Waals surface area (Å²) in [5.74, 6) is 1.98. The lowest BCUT2D eigenvalue weighted by molar-refractivity contribution is 0.340. The average molecular weight is 419 g/mol. The monoisotopic (exact) mass is 419 g/mol. The fourth-order valence-corrected chi connectivity index (χ4v) is 3.52. The van der Waals surface area contributed by atoms with Crippen LogP contribution in [0.2, 0.25) is 0 Å². The minimum Gasteiger partial charge on any atom is -0.494 e. The molecule has 0 aliphatic carbocycles. The fourth-order valence-electron chi connectivity index (χ4n) is 2.53. The van der Waals surface area contributed by atoms with E-state index in [1.165, 1.54) is 32.4 Å². The van der Waals surface area contributed by atoms with Gasteiger partial charge in [-0.1, -0.05) is 5.16 Å². The van der Waals surface area contributed by atoms with Crippen LogP contribution < -0.4 is 18.9 Å². The summed E-state index contributed by atoms with van der Waals surface area (Å²) in [6.45, 7) is 2.33. The molecule has 0 aliphatic heterocycles. The van der Waals surface area contributed by atoms with E-state index < -0.39 is 10.0 Å². The van der Waals surface area contributed by atoms with Crippen LogP contribution in [0.25, 0.3) is 11.4 Å². The minimum absolute atomic E-state index is 0.0291. The first-order valence-electron chi connectivity index (χ1n) is 8.74. The molecule has 2 aromatic carbocycles. The highest BCUT2D eigenvalue weighted by Crippen LogP contribution is 2.29. The van der Waals surface area contributed by atoms with E-state index in [1.54, 1.807) is 24.3 Å². The van der Waals surface area contributed by atoms with E-state index in [-0.39, 0.29) is 17.3 Å². The zero-order valence-electron chi connectivity index (χ0n) is 16.2. The van der Waals surface area contributed by atoms with Gasteiger partial charge in [0.25, 0.3) is 0 Å². The molecule has 1 heterocycles. The van der Waals surface area contributed by atoms with Gasteiger partial charge in [-0.15, -0.1) is 0 Å². The van der Waals surface area contributed by atoms with Crippen LogP contribution in [0.4, 0.5) is 0 Å². The molecular formula is C19H21N3O6S. The summed E-state index contributed by atoms with van der Waals surface area (Å²) < 4.78 is 48.3. The lowest BCUT2D eigenvalue weighted by atomic mass is 10.2. The Balaban J connectivity index is 1.70. The molecule has 9 nitrogen and oxygen atoms in total. The summed E-state index contributed by atoms with van der Waals surface area (Å²) in [4.78, 5) is 4.25. The Morgan fingerprint density at radius 1 is 1.03 bits per heavy atom. The number of hydrogen-bond donors (Lipinski definition) is 1. The van der Waals surface area contributed by atoms with E-state index in [0.29, 0.717) is 23.9 Å². The number of hydrogen-bond acceptors (Lipinski definition) is 8. The summed E-state index contributed by atoms with van der Waals surface area (Å²) in [7, 11) is -0.906. The maximum Gasteiger partial charge on any atom is 0.242 e. The molecule has 0 amide bonds. The second-order valence-electron chi connectivity index (χ2n) is 5.81. The molecule has 29 heavy (non-hydrogen) atoms. The first kappa shape index (κ1) is 20.6. The van der Waals surface area contributed by atoms with Crippen LogP contribution in [-0.2, 0) is 16.6 Å². The number of aromatic nitrogens is 2. The molecule has 3 aromatic rings. The number of ether oxygens (including phenoxy) is 3. The van der Waals surface area contributed by atoms with Crippen LogP contribution >= 0.6 is 0 Å². The predicted octanol–water partition coefficient (Wildman–Crippen LogP) is 2.63. The van der Waals surface area contributed by atoms with E-state index in [4.69, 9.17) is 18.7 Å². The van der Waals surface area contributed by atoms with Crippen LogP contribution in [0.1, 0.15) is 12.8 Å². The molecule has 3 rings (SSSR count). The standard InChI is InChI=1S/C19H21N3O6S/c1-4-27-14-7-5-13(6-8-14)19-21-18(28-22-19)12-20-29(23,24)15-9-10-16(25-2)17(11-15)26-3/h5-11,20H,4,12H2,1-3H3. The van der Waals surface area contributed by atoms with Gasteiger partial charge in [0.15, 0.2) is 11.5 Å². The molecule has 0 aliphatic rings. The van der Waals surface area contributed by atoms with Gasteiger partial charge in [-0.25, -0.2) is 13.1 Å². The van der Waals surface area contributed by atoms with Gasteiger partial charge in [0.05, 0.1) is 32.3 Å². The van der Waals surface area contributed by atoms with E-state index in [1.807, 2.05) is 6.92 Å². The molecule has 0 unspecified atom stereocenters. The van der Waals surface area contributed by atoms with Crippen molar-refractivity contribution in [3.8, 4) is 28.6 Å². The molecule has 1 aromatic heterocycles. The molecule has 154 valence electrons. The maximum absolute atomic E-state index is 12.5. The molecule has 0 saturated heterocycles. The van der Waals surface area contributed by atoms with E-state index in [0.717, 1.165) is 11.3 Å². The van der Waals surface area contributed by atoms with Crippen molar-refractivity contribution in [2.45, 2.75) is 18.4 Å². The van der Waals surface area contributed by atoms with Gasteiger partial charge >= 0.3 is 0 Å². The van der Waals surface area contributed by atoms with Gasteiger partial charge in [-0.05, 0) is 43.3 Å². The van der Waals surface area contributed by atoms with E-state index in [9.17, 15) is 8.42 Å². The van der Waals surface area contributed by atoms with Gasteiger partial charge in [-0.3, -0.25) is 0 Å². The number of rotatable bonds is 9. The number of benzene rings is 2. The van der Waals surface area contributed by atoms with Crippen LogP contribution in [-0.4, -0.2) is 39.4 Å². The highest BCUT2D eigenvalue weighted by atomic mass is 32.2. The Morgan fingerprint density at radius 3 is 2.41 bits per heavy atom.